The molecule has 2 heterocycles. The zero-order chi connectivity index (χ0) is 24.2. The van der Waals surface area contributed by atoms with Gasteiger partial charge in [-0.15, -0.1) is 47.0 Å². The van der Waals surface area contributed by atoms with E-state index >= 15 is 0 Å². The normalized spacial score (nSPS) is 20.1. The third-order valence-corrected chi connectivity index (χ3v) is 11.3. The molecule has 0 saturated carbocycles. The van der Waals surface area contributed by atoms with E-state index in [1.807, 2.05) is 0 Å². The summed E-state index contributed by atoms with van der Waals surface area (Å²) in [6, 6.07) is 13.2. The van der Waals surface area contributed by atoms with Crippen molar-refractivity contribution in [1.82, 2.24) is 0 Å². The predicted molar refractivity (Wildman–Crippen MR) is 148 cm³/mol. The average Bonchev–Trinajstić information content (AvgIpc) is 3.42. The highest BCUT2D eigenvalue weighted by Gasteiger charge is 2.27. The smallest absolute Gasteiger partial charge is 0.330 e. The van der Waals surface area contributed by atoms with Crippen molar-refractivity contribution in [2.24, 2.45) is 0 Å². The van der Waals surface area contributed by atoms with Gasteiger partial charge in [-0.05, 0) is 57.7 Å². The van der Waals surface area contributed by atoms with Crippen LogP contribution in [0.4, 0.5) is 0 Å². The Balaban J connectivity index is 1.42. The average molecular weight is 529 g/mol. The van der Waals surface area contributed by atoms with Crippen molar-refractivity contribution >= 4 is 69.8 Å². The number of fused-ring (bicyclic) bond motifs is 1. The number of hydrogen-bond acceptors (Lipinski definition) is 8. The minimum absolute atomic E-state index is 0.245. The minimum atomic E-state index is -0.398. The second kappa shape index (κ2) is 11.2. The largest absolute Gasteiger partial charge is 0.457 e. The first-order valence-corrected chi connectivity index (χ1v) is 14.1. The van der Waals surface area contributed by atoms with Crippen LogP contribution in [-0.2, 0) is 19.1 Å². The van der Waals surface area contributed by atoms with E-state index in [9.17, 15) is 9.59 Å². The number of esters is 2. The first-order valence-electron chi connectivity index (χ1n) is 10.6. The highest BCUT2D eigenvalue weighted by molar-refractivity contribution is 8.23. The molecular weight excluding hydrogens is 505 g/mol. The van der Waals surface area contributed by atoms with Crippen LogP contribution in [0.3, 0.4) is 0 Å². The lowest BCUT2D eigenvalue weighted by molar-refractivity contribution is -0.137. The first-order chi connectivity index (χ1) is 16.4. The Morgan fingerprint density at radius 1 is 0.765 bits per heavy atom. The molecule has 0 fully saturated rings. The fourth-order valence-corrected chi connectivity index (χ4v) is 9.22. The lowest BCUT2D eigenvalue weighted by atomic mass is 10.1. The number of allylic oxidation sites excluding steroid dienone is 2. The number of hydrogen-bond donors (Lipinski definition) is 0. The summed E-state index contributed by atoms with van der Waals surface area (Å²) < 4.78 is 10.9. The third-order valence-electron chi connectivity index (χ3n) is 5.31. The number of benzene rings is 2. The molecule has 2 aliphatic rings. The zero-order valence-corrected chi connectivity index (χ0v) is 22.1. The molecule has 0 amide bonds. The molecule has 2 aliphatic heterocycles. The molecule has 2 aromatic carbocycles. The topological polar surface area (TPSA) is 52.6 Å². The van der Waals surface area contributed by atoms with Crippen molar-refractivity contribution in [3.8, 4) is 0 Å². The second-order valence-electron chi connectivity index (χ2n) is 7.58. The minimum Gasteiger partial charge on any atom is -0.457 e. The molecule has 2 aromatic rings. The van der Waals surface area contributed by atoms with Crippen molar-refractivity contribution in [3.05, 3.63) is 92.5 Å². The molecule has 8 heteroatoms. The van der Waals surface area contributed by atoms with Gasteiger partial charge in [0.05, 0.1) is 9.16 Å². The fraction of sp³-hybridized carbons (Fsp3) is 0.231. The second-order valence-corrected chi connectivity index (χ2v) is 13.2. The van der Waals surface area contributed by atoms with E-state index in [0.29, 0.717) is 13.2 Å². The SMILES string of the molecule is C=CC(=O)OCC1=C(C)SC(c2ccc3cc(C4SC(C)=C(COC(=O)C=C)S4)ccc3c2)S1. The van der Waals surface area contributed by atoms with Crippen LogP contribution in [0.25, 0.3) is 10.8 Å². The van der Waals surface area contributed by atoms with Gasteiger partial charge in [0.25, 0.3) is 0 Å². The number of carbonyl (C=O) groups is 2. The number of thioether (sulfide) groups is 4. The monoisotopic (exact) mass is 528 g/mol. The van der Waals surface area contributed by atoms with Gasteiger partial charge in [0, 0.05) is 22.0 Å². The van der Waals surface area contributed by atoms with Gasteiger partial charge in [-0.25, -0.2) is 9.59 Å². The molecule has 34 heavy (non-hydrogen) atoms. The Morgan fingerprint density at radius 3 is 1.56 bits per heavy atom. The third kappa shape index (κ3) is 5.79. The van der Waals surface area contributed by atoms with Crippen LogP contribution in [-0.4, -0.2) is 25.2 Å². The van der Waals surface area contributed by atoms with Gasteiger partial charge in [-0.1, -0.05) is 37.4 Å². The quantitative estimate of drug-likeness (QED) is 0.255. The van der Waals surface area contributed by atoms with Gasteiger partial charge in [-0.3, -0.25) is 0 Å². The maximum atomic E-state index is 11.4. The van der Waals surface area contributed by atoms with E-state index in [4.69, 9.17) is 9.47 Å². The standard InChI is InChI=1S/C26H24O4S4/c1-5-23(27)29-13-21-15(3)31-25(33-21)19-9-7-18-12-20(10-8-17(18)11-19)26-32-16(4)22(34-26)14-30-24(28)6-2/h5-12,25-26H,1-2,13-14H2,3-4H3. The van der Waals surface area contributed by atoms with Gasteiger partial charge in [0.15, 0.2) is 0 Å². The van der Waals surface area contributed by atoms with E-state index in [1.165, 1.54) is 43.9 Å². The van der Waals surface area contributed by atoms with Crippen LogP contribution in [0.15, 0.2) is 81.3 Å². The van der Waals surface area contributed by atoms with Gasteiger partial charge in [-0.2, -0.15) is 0 Å². The van der Waals surface area contributed by atoms with E-state index < -0.39 is 11.9 Å². The molecule has 0 bridgehead atoms. The predicted octanol–water partition coefficient (Wildman–Crippen LogP) is 7.72. The summed E-state index contributed by atoms with van der Waals surface area (Å²) in [7, 11) is 0. The lowest BCUT2D eigenvalue weighted by Crippen LogP contribution is -2.02. The van der Waals surface area contributed by atoms with Crippen molar-refractivity contribution < 1.29 is 19.1 Å². The molecule has 0 N–H and O–H groups in total. The summed E-state index contributed by atoms with van der Waals surface area (Å²) in [6.45, 7) is 11.6. The molecule has 0 aromatic heterocycles. The number of carbonyl (C=O) groups excluding carboxylic acids is 2. The van der Waals surface area contributed by atoms with Gasteiger partial charge >= 0.3 is 11.9 Å². The highest BCUT2D eigenvalue weighted by Crippen LogP contribution is 2.56. The summed E-state index contributed by atoms with van der Waals surface area (Å²) in [6.07, 6.45) is 2.38. The molecule has 4 nitrogen and oxygen atoms in total. The molecule has 2 atom stereocenters. The summed E-state index contributed by atoms with van der Waals surface area (Å²) in [4.78, 5) is 27.4. The van der Waals surface area contributed by atoms with E-state index in [1.54, 1.807) is 47.0 Å². The number of ether oxygens (including phenoxy) is 2. The van der Waals surface area contributed by atoms with Gasteiger partial charge < -0.3 is 9.47 Å². The van der Waals surface area contributed by atoms with Gasteiger partial charge in [0.1, 0.15) is 13.2 Å². The van der Waals surface area contributed by atoms with Crippen LogP contribution in [0.1, 0.15) is 34.1 Å². The molecule has 2 unspecified atom stereocenters. The Labute approximate surface area is 216 Å². The summed E-state index contributed by atoms with van der Waals surface area (Å²) in [5, 5.41) is 2.40. The Bertz CT molecular complexity index is 1140. The van der Waals surface area contributed by atoms with Crippen LogP contribution >= 0.6 is 47.0 Å². The number of rotatable bonds is 8. The lowest BCUT2D eigenvalue weighted by Gasteiger charge is -2.14. The summed E-state index contributed by atoms with van der Waals surface area (Å²) in [5.41, 5.74) is 2.49. The summed E-state index contributed by atoms with van der Waals surface area (Å²) >= 11 is 7.08. The van der Waals surface area contributed by atoms with Crippen LogP contribution in [0.2, 0.25) is 0 Å². The van der Waals surface area contributed by atoms with Crippen LogP contribution < -0.4 is 0 Å². The maximum Gasteiger partial charge on any atom is 0.330 e. The molecular formula is C26H24O4S4. The Kier molecular flexibility index (Phi) is 8.24. The molecule has 176 valence electrons. The molecule has 0 radical (unpaired) electrons. The first kappa shape index (κ1) is 25.1. The van der Waals surface area contributed by atoms with Gasteiger partial charge in [0.2, 0.25) is 0 Å². The van der Waals surface area contributed by atoms with Crippen LogP contribution in [0.5, 0.6) is 0 Å². The van der Waals surface area contributed by atoms with Crippen LogP contribution in [0, 0.1) is 0 Å². The molecule has 0 spiro atoms. The van der Waals surface area contributed by atoms with E-state index in [0.717, 1.165) is 9.81 Å². The molecule has 0 aliphatic carbocycles. The van der Waals surface area contributed by atoms with E-state index in [2.05, 4.69) is 63.4 Å². The fourth-order valence-electron chi connectivity index (χ4n) is 3.44. The van der Waals surface area contributed by atoms with Crippen molar-refractivity contribution in [3.63, 3.8) is 0 Å². The summed E-state index contributed by atoms with van der Waals surface area (Å²) in [5.74, 6) is -0.797. The highest BCUT2D eigenvalue weighted by atomic mass is 32.2. The van der Waals surface area contributed by atoms with E-state index in [-0.39, 0.29) is 9.16 Å². The molecule has 0 saturated heterocycles. The Hall–Kier alpha value is -2.00. The van der Waals surface area contributed by atoms with Crippen molar-refractivity contribution in [1.29, 1.82) is 0 Å². The maximum absolute atomic E-state index is 11.4. The zero-order valence-electron chi connectivity index (χ0n) is 18.9. The van der Waals surface area contributed by atoms with Crippen molar-refractivity contribution in [2.45, 2.75) is 23.0 Å². The molecule has 4 rings (SSSR count). The van der Waals surface area contributed by atoms with Crippen molar-refractivity contribution in [2.75, 3.05) is 13.2 Å². The Morgan fingerprint density at radius 2 is 1.18 bits per heavy atom.